The summed E-state index contributed by atoms with van der Waals surface area (Å²) < 4.78 is 36.8. The molecule has 0 aromatic heterocycles. The molecule has 35 heavy (non-hydrogen) atoms. The number of nitrogens with one attached hydrogen (secondary N) is 1. The van der Waals surface area contributed by atoms with E-state index in [4.69, 9.17) is 9.47 Å². The predicted molar refractivity (Wildman–Crippen MR) is 137 cm³/mol. The van der Waals surface area contributed by atoms with E-state index in [0.717, 1.165) is 28.3 Å². The van der Waals surface area contributed by atoms with Crippen molar-refractivity contribution in [3.8, 4) is 11.5 Å². The molecule has 4 fully saturated rings. The van der Waals surface area contributed by atoms with Crippen LogP contribution in [0.25, 0.3) is 0 Å². The Balaban J connectivity index is 1.31. The Morgan fingerprint density at radius 1 is 0.971 bits per heavy atom. The summed E-state index contributed by atoms with van der Waals surface area (Å²) >= 11 is 0. The highest BCUT2D eigenvalue weighted by Gasteiger charge is 2.51. The van der Waals surface area contributed by atoms with Crippen molar-refractivity contribution in [1.82, 2.24) is 0 Å². The van der Waals surface area contributed by atoms with Crippen LogP contribution in [0.4, 0.5) is 11.4 Å². The van der Waals surface area contributed by atoms with E-state index in [0.29, 0.717) is 22.6 Å². The van der Waals surface area contributed by atoms with Crippen LogP contribution in [0.5, 0.6) is 11.5 Å². The molecule has 0 unspecified atom stereocenters. The van der Waals surface area contributed by atoms with E-state index in [1.165, 1.54) is 58.3 Å². The lowest BCUT2D eigenvalue weighted by molar-refractivity contribution is -0.114. The zero-order chi connectivity index (χ0) is 24.8. The minimum atomic E-state index is -3.76. The van der Waals surface area contributed by atoms with Crippen molar-refractivity contribution in [1.29, 1.82) is 0 Å². The van der Waals surface area contributed by atoms with Gasteiger partial charge in [0.25, 0.3) is 0 Å². The van der Waals surface area contributed by atoms with Gasteiger partial charge in [-0.05, 0) is 91.5 Å². The summed E-state index contributed by atoms with van der Waals surface area (Å²) in [6, 6.07) is 13.0. The van der Waals surface area contributed by atoms with Crippen LogP contribution in [0.2, 0.25) is 0 Å². The number of sulfonamides is 1. The number of hydrogen-bond donors (Lipinski definition) is 1. The second-order valence-corrected chi connectivity index (χ2v) is 12.5. The average molecular weight is 499 g/mol. The summed E-state index contributed by atoms with van der Waals surface area (Å²) in [6.45, 7) is -0.376. The SMILES string of the molecule is COc1ccc(OC)c(N(CC(=O)Nc2ccc(C34CC5CC(CC(C5)C3)C4)cc2)S(C)(=O)=O)c1. The highest BCUT2D eigenvalue weighted by Crippen LogP contribution is 2.60. The lowest BCUT2D eigenvalue weighted by Crippen LogP contribution is -2.48. The number of amides is 1. The van der Waals surface area contributed by atoms with Gasteiger partial charge < -0.3 is 14.8 Å². The second-order valence-electron chi connectivity index (χ2n) is 10.6. The molecule has 4 bridgehead atoms. The van der Waals surface area contributed by atoms with Crippen LogP contribution in [0.15, 0.2) is 42.5 Å². The molecule has 0 atom stereocenters. The first-order valence-electron chi connectivity index (χ1n) is 12.3. The van der Waals surface area contributed by atoms with Crippen LogP contribution < -0.4 is 19.1 Å². The molecule has 4 saturated carbocycles. The molecule has 2 aromatic rings. The molecular weight excluding hydrogens is 464 g/mol. The van der Waals surface area contributed by atoms with Crippen molar-refractivity contribution in [2.24, 2.45) is 17.8 Å². The summed E-state index contributed by atoms with van der Waals surface area (Å²) in [4.78, 5) is 12.9. The molecule has 1 N–H and O–H groups in total. The van der Waals surface area contributed by atoms with Crippen LogP contribution in [-0.2, 0) is 20.2 Å². The number of anilines is 2. The highest BCUT2D eigenvalue weighted by molar-refractivity contribution is 7.92. The number of nitrogens with zero attached hydrogens (tertiary/aromatic N) is 1. The number of carbonyl (C=O) groups is 1. The monoisotopic (exact) mass is 498 g/mol. The zero-order valence-electron chi connectivity index (χ0n) is 20.6. The first kappa shape index (κ1) is 24.0. The quantitative estimate of drug-likeness (QED) is 0.576. The largest absolute Gasteiger partial charge is 0.497 e. The van der Waals surface area contributed by atoms with Crippen LogP contribution in [-0.4, -0.2) is 41.3 Å². The fraction of sp³-hybridized carbons (Fsp3) is 0.519. The Morgan fingerprint density at radius 3 is 2.09 bits per heavy atom. The third kappa shape index (κ3) is 4.73. The van der Waals surface area contributed by atoms with Gasteiger partial charge in [0.2, 0.25) is 15.9 Å². The second kappa shape index (κ2) is 9.04. The van der Waals surface area contributed by atoms with Gasteiger partial charge in [-0.1, -0.05) is 12.1 Å². The van der Waals surface area contributed by atoms with E-state index in [2.05, 4.69) is 17.4 Å². The van der Waals surface area contributed by atoms with Gasteiger partial charge in [-0.2, -0.15) is 0 Å². The number of benzene rings is 2. The van der Waals surface area contributed by atoms with Gasteiger partial charge >= 0.3 is 0 Å². The molecule has 8 heteroatoms. The van der Waals surface area contributed by atoms with Crippen LogP contribution in [0.1, 0.15) is 44.1 Å². The Bertz CT molecular complexity index is 1170. The van der Waals surface area contributed by atoms with Crippen molar-refractivity contribution in [2.75, 3.05) is 36.6 Å². The van der Waals surface area contributed by atoms with Gasteiger partial charge in [0, 0.05) is 11.8 Å². The van der Waals surface area contributed by atoms with Crippen LogP contribution in [0.3, 0.4) is 0 Å². The topological polar surface area (TPSA) is 84.9 Å². The van der Waals surface area contributed by atoms with E-state index in [1.807, 2.05) is 12.1 Å². The van der Waals surface area contributed by atoms with Crippen molar-refractivity contribution < 1.29 is 22.7 Å². The Morgan fingerprint density at radius 2 is 1.57 bits per heavy atom. The minimum Gasteiger partial charge on any atom is -0.497 e. The van der Waals surface area contributed by atoms with Crippen molar-refractivity contribution in [2.45, 2.75) is 43.9 Å². The Hall–Kier alpha value is -2.74. The minimum absolute atomic E-state index is 0.252. The maximum Gasteiger partial charge on any atom is 0.245 e. The van der Waals surface area contributed by atoms with Crippen molar-refractivity contribution in [3.05, 3.63) is 48.0 Å². The molecule has 2 aromatic carbocycles. The maximum atomic E-state index is 12.9. The molecule has 4 aliphatic rings. The Kier molecular flexibility index (Phi) is 6.20. The third-order valence-corrected chi connectivity index (χ3v) is 9.29. The first-order chi connectivity index (χ1) is 16.7. The van der Waals surface area contributed by atoms with E-state index in [-0.39, 0.29) is 12.2 Å². The van der Waals surface area contributed by atoms with E-state index in [1.54, 1.807) is 18.2 Å². The fourth-order valence-electron chi connectivity index (χ4n) is 7.08. The van der Waals surface area contributed by atoms with Gasteiger partial charge in [-0.25, -0.2) is 8.42 Å². The molecule has 4 aliphatic carbocycles. The van der Waals surface area contributed by atoms with E-state index >= 15 is 0 Å². The molecular formula is C27H34N2O5S. The predicted octanol–water partition coefficient (Wildman–Crippen LogP) is 4.58. The smallest absolute Gasteiger partial charge is 0.245 e. The number of ether oxygens (including phenoxy) is 2. The fourth-order valence-corrected chi connectivity index (χ4v) is 7.93. The van der Waals surface area contributed by atoms with Gasteiger partial charge in [0.05, 0.1) is 26.2 Å². The van der Waals surface area contributed by atoms with Crippen molar-refractivity contribution >= 4 is 27.3 Å². The zero-order valence-corrected chi connectivity index (χ0v) is 21.4. The third-order valence-electron chi connectivity index (χ3n) is 8.16. The van der Waals surface area contributed by atoms with Crippen LogP contribution >= 0.6 is 0 Å². The number of hydrogen-bond acceptors (Lipinski definition) is 5. The number of rotatable bonds is 8. The van der Waals surface area contributed by atoms with Crippen molar-refractivity contribution in [3.63, 3.8) is 0 Å². The van der Waals surface area contributed by atoms with Gasteiger partial charge in [0.1, 0.15) is 18.0 Å². The Labute approximate surface area is 207 Å². The van der Waals surface area contributed by atoms with Gasteiger partial charge in [-0.3, -0.25) is 9.10 Å². The highest BCUT2D eigenvalue weighted by atomic mass is 32.2. The van der Waals surface area contributed by atoms with E-state index in [9.17, 15) is 13.2 Å². The normalized spacial score (nSPS) is 26.9. The standard InChI is InChI=1S/C27H34N2O5S/c1-33-23-8-9-25(34-2)24(13-23)29(35(3,31)32)17-26(30)28-22-6-4-21(5-7-22)27-14-18-10-19(15-27)12-20(11-18)16-27/h4-9,13,18-20H,10-12,14-17H2,1-3H3,(H,28,30). The molecule has 0 aliphatic heterocycles. The van der Waals surface area contributed by atoms with Crippen LogP contribution in [0, 0.1) is 17.8 Å². The first-order valence-corrected chi connectivity index (χ1v) is 14.1. The lowest BCUT2D eigenvalue weighted by Gasteiger charge is -2.57. The molecule has 0 saturated heterocycles. The number of methoxy groups -OCH3 is 2. The summed E-state index contributed by atoms with van der Waals surface area (Å²) in [5.74, 6) is 2.99. The molecule has 0 radical (unpaired) electrons. The molecule has 6 rings (SSSR count). The maximum absolute atomic E-state index is 12.9. The summed E-state index contributed by atoms with van der Waals surface area (Å²) in [5.41, 5.74) is 2.59. The lowest BCUT2D eigenvalue weighted by atomic mass is 9.48. The summed E-state index contributed by atoms with van der Waals surface area (Å²) in [5, 5.41) is 2.86. The molecule has 0 spiro atoms. The van der Waals surface area contributed by atoms with Gasteiger partial charge in [-0.15, -0.1) is 0 Å². The average Bonchev–Trinajstić information content (AvgIpc) is 2.81. The molecule has 1 amide bonds. The van der Waals surface area contributed by atoms with E-state index < -0.39 is 15.9 Å². The summed E-state index contributed by atoms with van der Waals surface area (Å²) in [7, 11) is -0.807. The van der Waals surface area contributed by atoms with Gasteiger partial charge in [0.15, 0.2) is 0 Å². The summed E-state index contributed by atoms with van der Waals surface area (Å²) in [6.07, 6.45) is 9.15. The molecule has 7 nitrogen and oxygen atoms in total. The molecule has 0 heterocycles. The number of carbonyl (C=O) groups excluding carboxylic acids is 1. The molecule has 188 valence electrons.